The summed E-state index contributed by atoms with van der Waals surface area (Å²) in [6, 6.07) is 13.5. The molecule has 0 saturated heterocycles. The number of fused-ring (bicyclic) bond motifs is 2. The molecule has 2 aromatic heterocycles. The molecule has 0 aliphatic heterocycles. The Kier molecular flexibility index (Phi) is 5.49. The second-order valence-electron chi connectivity index (χ2n) is 7.61. The largest absolute Gasteiger partial charge is 0.460 e. The first-order valence-corrected chi connectivity index (χ1v) is 11.0. The monoisotopic (exact) mass is 448 g/mol. The fourth-order valence-corrected chi connectivity index (χ4v) is 4.19. The highest BCUT2D eigenvalue weighted by molar-refractivity contribution is 6.30. The van der Waals surface area contributed by atoms with Crippen LogP contribution in [0, 0.1) is 0 Å². The van der Waals surface area contributed by atoms with Crippen molar-refractivity contribution in [3.05, 3.63) is 64.4 Å². The van der Waals surface area contributed by atoms with E-state index in [-0.39, 0.29) is 18.1 Å². The fraction of sp³-hybridized carbons (Fsp3) is 0.250. The minimum Gasteiger partial charge on any atom is -0.460 e. The number of aromatic nitrogens is 3. The van der Waals surface area contributed by atoms with Crippen molar-refractivity contribution in [1.29, 1.82) is 0 Å². The summed E-state index contributed by atoms with van der Waals surface area (Å²) in [4.78, 5) is 21.2. The second-order valence-corrected chi connectivity index (χ2v) is 8.05. The number of hydrogen-bond acceptors (Lipinski definition) is 7. The molecule has 1 aliphatic carbocycles. The quantitative estimate of drug-likeness (QED) is 0.389. The summed E-state index contributed by atoms with van der Waals surface area (Å²) in [6.07, 6.45) is 4.38. The number of halogens is 1. The number of ether oxygens (including phenoxy) is 1. The number of esters is 1. The summed E-state index contributed by atoms with van der Waals surface area (Å²) in [5.41, 5.74) is 5.15. The minimum absolute atomic E-state index is 0.0783. The highest BCUT2D eigenvalue weighted by Crippen LogP contribution is 2.36. The molecule has 32 heavy (non-hydrogen) atoms. The molecule has 7 nitrogen and oxygen atoms in total. The zero-order chi connectivity index (χ0) is 22.1. The average molecular weight is 449 g/mol. The Hall–Kier alpha value is -3.45. The SMILES string of the molecule is CCOC(=O)c1nc(Nc2cccc3c2CCCC3)c2c(-c3ccc(Cl)cc3)noc2n1. The van der Waals surface area contributed by atoms with E-state index in [9.17, 15) is 4.79 Å². The van der Waals surface area contributed by atoms with Gasteiger partial charge in [-0.15, -0.1) is 0 Å². The normalized spacial score (nSPS) is 13.1. The summed E-state index contributed by atoms with van der Waals surface area (Å²) in [5.74, 6) is -0.245. The summed E-state index contributed by atoms with van der Waals surface area (Å²) >= 11 is 6.05. The van der Waals surface area contributed by atoms with E-state index in [2.05, 4.69) is 26.5 Å². The van der Waals surface area contributed by atoms with Crippen LogP contribution in [0.1, 0.15) is 41.5 Å². The first kappa shape index (κ1) is 20.5. The van der Waals surface area contributed by atoms with Crippen molar-refractivity contribution in [3.8, 4) is 11.3 Å². The van der Waals surface area contributed by atoms with Crippen LogP contribution in [0.4, 0.5) is 11.5 Å². The maximum atomic E-state index is 12.4. The molecule has 1 N–H and O–H groups in total. The molecular formula is C24H21ClN4O3. The van der Waals surface area contributed by atoms with Gasteiger partial charge >= 0.3 is 5.97 Å². The Balaban J connectivity index is 1.67. The predicted octanol–water partition coefficient (Wildman–Crippen LogP) is 5.74. The zero-order valence-electron chi connectivity index (χ0n) is 17.5. The maximum Gasteiger partial charge on any atom is 0.376 e. The van der Waals surface area contributed by atoms with Gasteiger partial charge in [-0.1, -0.05) is 41.0 Å². The molecule has 0 radical (unpaired) electrons. The molecule has 0 bridgehead atoms. The third-order valence-corrected chi connectivity index (χ3v) is 5.81. The molecule has 0 unspecified atom stereocenters. The lowest BCUT2D eigenvalue weighted by atomic mass is 9.90. The van der Waals surface area contributed by atoms with Crippen molar-refractivity contribution < 1.29 is 14.1 Å². The molecule has 0 saturated carbocycles. The van der Waals surface area contributed by atoms with Gasteiger partial charge in [-0.05, 0) is 61.9 Å². The van der Waals surface area contributed by atoms with Gasteiger partial charge in [-0.3, -0.25) is 0 Å². The van der Waals surface area contributed by atoms with Crippen LogP contribution in [0.15, 0.2) is 47.0 Å². The molecule has 0 fully saturated rings. The third-order valence-electron chi connectivity index (χ3n) is 5.56. The van der Waals surface area contributed by atoms with E-state index in [0.717, 1.165) is 30.5 Å². The van der Waals surface area contributed by atoms with Gasteiger partial charge in [0, 0.05) is 16.3 Å². The standard InChI is InChI=1S/C24H21ClN4O3/c1-2-31-24(30)22-27-21(26-18-9-5-7-14-6-3-4-8-17(14)18)19-20(29-32-23(19)28-22)15-10-12-16(25)13-11-15/h5,7,9-13H,2-4,6,8H2,1H3,(H,26,27,28). The van der Waals surface area contributed by atoms with Crippen molar-refractivity contribution in [2.45, 2.75) is 32.6 Å². The molecule has 2 heterocycles. The van der Waals surface area contributed by atoms with Gasteiger partial charge in [-0.25, -0.2) is 9.78 Å². The van der Waals surface area contributed by atoms with Crippen LogP contribution in [0.3, 0.4) is 0 Å². The molecule has 5 rings (SSSR count). The molecule has 0 amide bonds. The van der Waals surface area contributed by atoms with Crippen molar-refractivity contribution >= 4 is 40.2 Å². The van der Waals surface area contributed by atoms with Crippen molar-refractivity contribution in [2.75, 3.05) is 11.9 Å². The molecule has 0 spiro atoms. The average Bonchev–Trinajstić information content (AvgIpc) is 3.24. The van der Waals surface area contributed by atoms with Crippen LogP contribution >= 0.6 is 11.6 Å². The number of aryl methyl sites for hydroxylation is 1. The zero-order valence-corrected chi connectivity index (χ0v) is 18.3. The van der Waals surface area contributed by atoms with E-state index in [1.165, 1.54) is 17.5 Å². The molecular weight excluding hydrogens is 428 g/mol. The Morgan fingerprint density at radius 2 is 1.94 bits per heavy atom. The van der Waals surface area contributed by atoms with E-state index < -0.39 is 5.97 Å². The smallest absolute Gasteiger partial charge is 0.376 e. The van der Waals surface area contributed by atoms with E-state index in [4.69, 9.17) is 20.9 Å². The Morgan fingerprint density at radius 3 is 2.75 bits per heavy atom. The lowest BCUT2D eigenvalue weighted by Crippen LogP contribution is -2.12. The van der Waals surface area contributed by atoms with Crippen LogP contribution in [-0.2, 0) is 17.6 Å². The summed E-state index contributed by atoms with van der Waals surface area (Å²) in [5, 5.41) is 8.87. The molecule has 2 aromatic carbocycles. The number of benzene rings is 2. The van der Waals surface area contributed by atoms with Crippen LogP contribution < -0.4 is 5.32 Å². The molecule has 4 aromatic rings. The van der Waals surface area contributed by atoms with Crippen molar-refractivity contribution in [3.63, 3.8) is 0 Å². The molecule has 1 aliphatic rings. The first-order valence-electron chi connectivity index (χ1n) is 10.6. The van der Waals surface area contributed by atoms with Crippen LogP contribution in [0.5, 0.6) is 0 Å². The number of rotatable bonds is 5. The molecule has 162 valence electrons. The van der Waals surface area contributed by atoms with Crippen LogP contribution in [-0.4, -0.2) is 27.7 Å². The lowest BCUT2D eigenvalue weighted by molar-refractivity contribution is 0.0512. The summed E-state index contributed by atoms with van der Waals surface area (Å²) in [6.45, 7) is 1.96. The van der Waals surface area contributed by atoms with Gasteiger partial charge in [0.05, 0.1) is 6.61 Å². The Morgan fingerprint density at radius 1 is 1.12 bits per heavy atom. The highest BCUT2D eigenvalue weighted by atomic mass is 35.5. The van der Waals surface area contributed by atoms with Crippen LogP contribution in [0.2, 0.25) is 5.02 Å². The summed E-state index contributed by atoms with van der Waals surface area (Å²) < 4.78 is 10.6. The Bertz CT molecular complexity index is 1300. The number of anilines is 2. The summed E-state index contributed by atoms with van der Waals surface area (Å²) in [7, 11) is 0. The maximum absolute atomic E-state index is 12.4. The lowest BCUT2D eigenvalue weighted by Gasteiger charge is -2.20. The molecule has 0 atom stereocenters. The minimum atomic E-state index is -0.614. The van der Waals surface area contributed by atoms with Gasteiger partial charge in [0.2, 0.25) is 5.82 Å². The van der Waals surface area contributed by atoms with E-state index in [1.54, 1.807) is 19.1 Å². The first-order chi connectivity index (χ1) is 15.6. The van der Waals surface area contributed by atoms with Crippen molar-refractivity contribution in [2.24, 2.45) is 0 Å². The van der Waals surface area contributed by atoms with Gasteiger partial charge < -0.3 is 14.6 Å². The fourth-order valence-electron chi connectivity index (χ4n) is 4.06. The van der Waals surface area contributed by atoms with Crippen molar-refractivity contribution in [1.82, 2.24) is 15.1 Å². The van der Waals surface area contributed by atoms with E-state index >= 15 is 0 Å². The van der Waals surface area contributed by atoms with E-state index in [0.29, 0.717) is 21.9 Å². The van der Waals surface area contributed by atoms with Crippen LogP contribution in [0.25, 0.3) is 22.4 Å². The third kappa shape index (κ3) is 3.80. The predicted molar refractivity (Wildman–Crippen MR) is 122 cm³/mol. The van der Waals surface area contributed by atoms with Gasteiger partial charge in [-0.2, -0.15) is 4.98 Å². The number of carbonyl (C=O) groups excluding carboxylic acids is 1. The highest BCUT2D eigenvalue weighted by Gasteiger charge is 2.23. The Labute approximate surface area is 189 Å². The van der Waals surface area contributed by atoms with E-state index in [1.807, 2.05) is 24.3 Å². The number of nitrogens with one attached hydrogen (secondary N) is 1. The molecule has 8 heteroatoms. The number of hydrogen-bond donors (Lipinski definition) is 1. The second kappa shape index (κ2) is 8.59. The topological polar surface area (TPSA) is 90.1 Å². The number of carbonyl (C=O) groups is 1. The van der Waals surface area contributed by atoms with Gasteiger partial charge in [0.15, 0.2) is 0 Å². The van der Waals surface area contributed by atoms with Gasteiger partial charge in [0.25, 0.3) is 5.71 Å². The number of nitrogens with zero attached hydrogens (tertiary/aromatic N) is 3. The van der Waals surface area contributed by atoms with Gasteiger partial charge in [0.1, 0.15) is 16.9 Å².